The number of hydrogen-bond acceptors (Lipinski definition) is 3. The summed E-state index contributed by atoms with van der Waals surface area (Å²) >= 11 is 0. The van der Waals surface area contributed by atoms with E-state index in [1.807, 2.05) is 4.90 Å². The molecule has 1 heterocycles. The van der Waals surface area contributed by atoms with Crippen molar-refractivity contribution in [3.8, 4) is 0 Å². The Morgan fingerprint density at radius 3 is 2.67 bits per heavy atom. The molecule has 0 aromatic rings. The maximum Gasteiger partial charge on any atom is 0.236 e. The highest BCUT2D eigenvalue weighted by Gasteiger charge is 2.56. The quantitative estimate of drug-likeness (QED) is 0.346. The normalized spacial score (nSPS) is 31.2. The Hall–Kier alpha value is -1.26. The van der Waals surface area contributed by atoms with Gasteiger partial charge in [0.25, 0.3) is 0 Å². The van der Waals surface area contributed by atoms with Crippen LogP contribution >= 0.6 is 0 Å². The smallest absolute Gasteiger partial charge is 0.236 e. The molecule has 1 aliphatic carbocycles. The number of piperidine rings is 1. The molecule has 1 aliphatic heterocycles. The van der Waals surface area contributed by atoms with Gasteiger partial charge in [-0.15, -0.1) is 0 Å². The van der Waals surface area contributed by atoms with Gasteiger partial charge in [-0.1, -0.05) is 18.5 Å². The van der Waals surface area contributed by atoms with Crippen LogP contribution in [0.4, 0.5) is 0 Å². The first-order chi connectivity index (χ1) is 8.55. The van der Waals surface area contributed by atoms with Crippen molar-refractivity contribution in [3.05, 3.63) is 0 Å². The van der Waals surface area contributed by atoms with Gasteiger partial charge in [-0.3, -0.25) is 4.79 Å². The summed E-state index contributed by atoms with van der Waals surface area (Å²) in [6, 6.07) is 0.268. The SMILES string of the molecule is CCC1CCC(C)N(C(=O)C2(C(N)=NO)CC2)C1. The third-order valence-electron chi connectivity index (χ3n) is 4.58. The number of nitrogens with two attached hydrogens (primary N) is 1. The van der Waals surface area contributed by atoms with E-state index in [2.05, 4.69) is 19.0 Å². The molecule has 0 aromatic carbocycles. The summed E-state index contributed by atoms with van der Waals surface area (Å²) in [4.78, 5) is 14.6. The topological polar surface area (TPSA) is 78.9 Å². The number of oxime groups is 1. The molecule has 2 atom stereocenters. The largest absolute Gasteiger partial charge is 0.409 e. The van der Waals surface area contributed by atoms with Crippen molar-refractivity contribution >= 4 is 11.7 Å². The summed E-state index contributed by atoms with van der Waals surface area (Å²) in [6.45, 7) is 5.07. The molecule has 0 spiro atoms. The zero-order valence-corrected chi connectivity index (χ0v) is 11.2. The van der Waals surface area contributed by atoms with Crippen LogP contribution in [0.5, 0.6) is 0 Å². The van der Waals surface area contributed by atoms with E-state index in [4.69, 9.17) is 10.9 Å². The summed E-state index contributed by atoms with van der Waals surface area (Å²) in [6.07, 6.45) is 4.77. The molecule has 5 heteroatoms. The van der Waals surface area contributed by atoms with Gasteiger partial charge < -0.3 is 15.8 Å². The van der Waals surface area contributed by atoms with Crippen molar-refractivity contribution in [2.24, 2.45) is 22.2 Å². The fourth-order valence-electron chi connectivity index (χ4n) is 2.87. The van der Waals surface area contributed by atoms with E-state index in [-0.39, 0.29) is 17.8 Å². The minimum atomic E-state index is -0.696. The fourth-order valence-corrected chi connectivity index (χ4v) is 2.87. The summed E-state index contributed by atoms with van der Waals surface area (Å²) in [5.41, 5.74) is 4.99. The van der Waals surface area contributed by atoms with Gasteiger partial charge in [-0.25, -0.2) is 0 Å². The Morgan fingerprint density at radius 1 is 1.50 bits per heavy atom. The molecular weight excluding hydrogens is 230 g/mol. The highest BCUT2D eigenvalue weighted by Crippen LogP contribution is 2.48. The van der Waals surface area contributed by atoms with E-state index in [1.165, 1.54) is 6.42 Å². The number of carbonyl (C=O) groups is 1. The minimum Gasteiger partial charge on any atom is -0.409 e. The maximum absolute atomic E-state index is 12.6. The van der Waals surface area contributed by atoms with E-state index >= 15 is 0 Å². The minimum absolute atomic E-state index is 0.0588. The van der Waals surface area contributed by atoms with Crippen LogP contribution < -0.4 is 5.73 Å². The van der Waals surface area contributed by atoms with Crippen LogP contribution in [0.1, 0.15) is 46.0 Å². The van der Waals surface area contributed by atoms with Crippen molar-refractivity contribution in [1.82, 2.24) is 4.90 Å². The van der Waals surface area contributed by atoms with E-state index < -0.39 is 5.41 Å². The highest BCUT2D eigenvalue weighted by atomic mass is 16.4. The van der Waals surface area contributed by atoms with Gasteiger partial charge >= 0.3 is 0 Å². The number of amidine groups is 1. The zero-order chi connectivity index (χ0) is 13.3. The number of amides is 1. The number of hydrogen-bond donors (Lipinski definition) is 2. The van der Waals surface area contributed by atoms with Crippen LogP contribution in [0.2, 0.25) is 0 Å². The molecular formula is C13H23N3O2. The Kier molecular flexibility index (Phi) is 3.50. The standard InChI is InChI=1S/C13H23N3O2/c1-3-10-5-4-9(2)16(8-10)12(17)13(6-7-13)11(14)15-18/h9-10,18H,3-8H2,1-2H3,(H2,14,15). The lowest BCUT2D eigenvalue weighted by Crippen LogP contribution is -2.51. The lowest BCUT2D eigenvalue weighted by Gasteiger charge is -2.39. The first kappa shape index (κ1) is 13.2. The Bertz CT molecular complexity index is 363. The van der Waals surface area contributed by atoms with Crippen molar-refractivity contribution in [1.29, 1.82) is 0 Å². The van der Waals surface area contributed by atoms with Crippen LogP contribution in [0, 0.1) is 11.3 Å². The van der Waals surface area contributed by atoms with Crippen LogP contribution in [-0.4, -0.2) is 34.4 Å². The molecule has 2 fully saturated rings. The zero-order valence-electron chi connectivity index (χ0n) is 11.2. The van der Waals surface area contributed by atoms with Crippen LogP contribution in [-0.2, 0) is 4.79 Å². The first-order valence-electron chi connectivity index (χ1n) is 6.84. The highest BCUT2D eigenvalue weighted by molar-refractivity contribution is 6.09. The predicted octanol–water partition coefficient (Wildman–Crippen LogP) is 1.55. The van der Waals surface area contributed by atoms with Gasteiger partial charge in [0.2, 0.25) is 5.91 Å². The van der Waals surface area contributed by atoms with Crippen LogP contribution in [0.25, 0.3) is 0 Å². The molecule has 18 heavy (non-hydrogen) atoms. The average Bonchev–Trinajstić information content (AvgIpc) is 3.19. The fraction of sp³-hybridized carbons (Fsp3) is 0.846. The van der Waals surface area contributed by atoms with Gasteiger partial charge in [0.05, 0.1) is 0 Å². The van der Waals surface area contributed by atoms with Gasteiger partial charge in [0.1, 0.15) is 5.41 Å². The van der Waals surface area contributed by atoms with E-state index in [0.717, 1.165) is 19.4 Å². The number of carbonyl (C=O) groups excluding carboxylic acids is 1. The lowest BCUT2D eigenvalue weighted by atomic mass is 9.89. The third kappa shape index (κ3) is 2.06. The van der Waals surface area contributed by atoms with Crippen molar-refractivity contribution in [3.63, 3.8) is 0 Å². The van der Waals surface area contributed by atoms with E-state index in [0.29, 0.717) is 18.8 Å². The molecule has 1 amide bonds. The summed E-state index contributed by atoms with van der Waals surface area (Å²) in [7, 11) is 0. The third-order valence-corrected chi connectivity index (χ3v) is 4.58. The number of rotatable bonds is 3. The Labute approximate surface area is 108 Å². The molecule has 0 bridgehead atoms. The second-order valence-corrected chi connectivity index (χ2v) is 5.73. The van der Waals surface area contributed by atoms with Gasteiger partial charge in [0.15, 0.2) is 5.84 Å². The van der Waals surface area contributed by atoms with E-state index in [1.54, 1.807) is 0 Å². The van der Waals surface area contributed by atoms with Crippen LogP contribution in [0.15, 0.2) is 5.16 Å². The Morgan fingerprint density at radius 2 is 2.17 bits per heavy atom. The van der Waals surface area contributed by atoms with Crippen molar-refractivity contribution in [2.75, 3.05) is 6.54 Å². The Balaban J connectivity index is 2.13. The molecule has 102 valence electrons. The second kappa shape index (κ2) is 4.78. The van der Waals surface area contributed by atoms with Crippen molar-refractivity contribution < 1.29 is 10.0 Å². The number of nitrogens with zero attached hydrogens (tertiary/aromatic N) is 2. The van der Waals surface area contributed by atoms with Gasteiger partial charge in [-0.05, 0) is 38.5 Å². The molecule has 2 aliphatic rings. The molecule has 2 rings (SSSR count). The summed E-state index contributed by atoms with van der Waals surface area (Å²) in [5, 5.41) is 11.9. The van der Waals surface area contributed by atoms with Crippen LogP contribution in [0.3, 0.4) is 0 Å². The number of likely N-dealkylation sites (tertiary alicyclic amines) is 1. The second-order valence-electron chi connectivity index (χ2n) is 5.73. The molecule has 1 saturated heterocycles. The average molecular weight is 253 g/mol. The monoisotopic (exact) mass is 253 g/mol. The molecule has 3 N–H and O–H groups in total. The van der Waals surface area contributed by atoms with Gasteiger partial charge in [0, 0.05) is 12.6 Å². The summed E-state index contributed by atoms with van der Waals surface area (Å²) in [5.74, 6) is 0.731. The maximum atomic E-state index is 12.6. The molecule has 0 aromatic heterocycles. The molecule has 1 saturated carbocycles. The lowest BCUT2D eigenvalue weighted by molar-refractivity contribution is -0.139. The molecule has 0 radical (unpaired) electrons. The van der Waals surface area contributed by atoms with Gasteiger partial charge in [-0.2, -0.15) is 0 Å². The summed E-state index contributed by atoms with van der Waals surface area (Å²) < 4.78 is 0. The molecule has 2 unspecified atom stereocenters. The predicted molar refractivity (Wildman–Crippen MR) is 69.3 cm³/mol. The van der Waals surface area contributed by atoms with E-state index in [9.17, 15) is 4.79 Å². The first-order valence-corrected chi connectivity index (χ1v) is 6.84. The molecule has 5 nitrogen and oxygen atoms in total. The van der Waals surface area contributed by atoms with Crippen molar-refractivity contribution in [2.45, 2.75) is 52.0 Å².